The summed E-state index contributed by atoms with van der Waals surface area (Å²) >= 11 is 0. The van der Waals surface area contributed by atoms with Crippen molar-refractivity contribution in [3.63, 3.8) is 0 Å². The van der Waals surface area contributed by atoms with Crippen molar-refractivity contribution < 1.29 is 4.79 Å². The molecule has 0 spiro atoms. The minimum Gasteiger partial charge on any atom is -0.356 e. The Morgan fingerprint density at radius 2 is 1.97 bits per heavy atom. The number of likely N-dealkylation sites (tertiary alicyclic amines) is 1. The van der Waals surface area contributed by atoms with E-state index in [1.807, 2.05) is 55.1 Å². The number of halogens is 1. The monoisotopic (exact) mass is 566 g/mol. The quantitative estimate of drug-likeness (QED) is 0.339. The second-order valence-corrected chi connectivity index (χ2v) is 8.57. The summed E-state index contributed by atoms with van der Waals surface area (Å²) in [6.45, 7) is 7.86. The average molecular weight is 566 g/mol. The molecule has 4 rings (SSSR count). The van der Waals surface area contributed by atoms with Gasteiger partial charge in [-0.1, -0.05) is 13.0 Å². The Morgan fingerprint density at radius 3 is 2.64 bits per heavy atom. The van der Waals surface area contributed by atoms with E-state index in [0.29, 0.717) is 24.9 Å². The molecule has 2 unspecified atom stereocenters. The molecule has 2 aromatic heterocycles. The standard InChI is InChI=1S/C23H34N8O.HI/c1-19-7-11-30(17-20(19)31-12-10-25-18-31)23(24-2)27-9-6-22(32)29-15-13-28(14-16-29)21-5-3-4-8-26-21;/h3-5,8,10,12,18-20H,6-7,9,11,13-17H2,1-2H3,(H,24,27);1H. The molecule has 0 aliphatic carbocycles. The molecule has 2 fully saturated rings. The highest BCUT2D eigenvalue weighted by Gasteiger charge is 2.29. The van der Waals surface area contributed by atoms with Crippen molar-refractivity contribution in [1.82, 2.24) is 29.7 Å². The average Bonchev–Trinajstić information content (AvgIpc) is 3.38. The van der Waals surface area contributed by atoms with Crippen molar-refractivity contribution >= 4 is 41.7 Å². The number of nitrogens with zero attached hydrogens (tertiary/aromatic N) is 7. The maximum atomic E-state index is 12.7. The minimum atomic E-state index is 0. The van der Waals surface area contributed by atoms with Gasteiger partial charge in [0, 0.05) is 77.9 Å². The first-order valence-electron chi connectivity index (χ1n) is 11.5. The van der Waals surface area contributed by atoms with E-state index in [-0.39, 0.29) is 29.9 Å². The number of aromatic nitrogens is 3. The number of nitrogens with one attached hydrogen (secondary N) is 1. The number of guanidine groups is 1. The zero-order valence-electron chi connectivity index (χ0n) is 19.5. The van der Waals surface area contributed by atoms with Crippen molar-refractivity contribution in [1.29, 1.82) is 0 Å². The van der Waals surface area contributed by atoms with Crippen molar-refractivity contribution in [3.8, 4) is 0 Å². The summed E-state index contributed by atoms with van der Waals surface area (Å²) in [5.74, 6) is 2.63. The van der Waals surface area contributed by atoms with Crippen molar-refractivity contribution in [2.24, 2.45) is 10.9 Å². The maximum absolute atomic E-state index is 12.7. The second kappa shape index (κ2) is 12.2. The molecule has 0 bridgehead atoms. The minimum absolute atomic E-state index is 0. The van der Waals surface area contributed by atoms with Gasteiger partial charge in [-0.05, 0) is 24.5 Å². The number of carbonyl (C=O) groups excluding carboxylic acids is 1. The van der Waals surface area contributed by atoms with Crippen molar-refractivity contribution in [2.45, 2.75) is 25.8 Å². The molecular formula is C23H35IN8O. The topological polar surface area (TPSA) is 81.9 Å². The molecule has 0 saturated carbocycles. The fraction of sp³-hybridized carbons (Fsp3) is 0.565. The van der Waals surface area contributed by atoms with Gasteiger partial charge < -0.3 is 24.6 Å². The number of hydrogen-bond acceptors (Lipinski definition) is 5. The summed E-state index contributed by atoms with van der Waals surface area (Å²) in [4.78, 5) is 32.3. The molecular weight excluding hydrogens is 531 g/mol. The lowest BCUT2D eigenvalue weighted by Gasteiger charge is -2.39. The SMILES string of the molecule is CN=C(NCCC(=O)N1CCN(c2ccccn2)CC1)N1CCC(C)C(n2ccnc2)C1.I. The highest BCUT2D eigenvalue weighted by molar-refractivity contribution is 14.0. The van der Waals surface area contributed by atoms with Crippen LogP contribution in [0.5, 0.6) is 0 Å². The molecule has 2 saturated heterocycles. The second-order valence-electron chi connectivity index (χ2n) is 8.57. The van der Waals surface area contributed by atoms with Crippen LogP contribution in [0.3, 0.4) is 0 Å². The van der Waals surface area contributed by atoms with Crippen molar-refractivity contribution in [3.05, 3.63) is 43.1 Å². The molecule has 0 aromatic carbocycles. The molecule has 2 atom stereocenters. The number of hydrogen-bond donors (Lipinski definition) is 1. The van der Waals surface area contributed by atoms with E-state index in [4.69, 9.17) is 0 Å². The van der Waals surface area contributed by atoms with Crippen LogP contribution in [0.1, 0.15) is 25.8 Å². The molecule has 1 N–H and O–H groups in total. The van der Waals surface area contributed by atoms with Crippen LogP contribution in [0.2, 0.25) is 0 Å². The first-order chi connectivity index (χ1) is 15.7. The molecule has 1 amide bonds. The predicted octanol–water partition coefficient (Wildman–Crippen LogP) is 2.09. The Bertz CT molecular complexity index is 883. The maximum Gasteiger partial charge on any atom is 0.224 e. The van der Waals surface area contributed by atoms with E-state index < -0.39 is 0 Å². The number of piperazine rings is 1. The summed E-state index contributed by atoms with van der Waals surface area (Å²) in [6, 6.07) is 6.32. The van der Waals surface area contributed by atoms with E-state index in [2.05, 4.69) is 41.6 Å². The lowest BCUT2D eigenvalue weighted by Crippen LogP contribution is -2.51. The first-order valence-corrected chi connectivity index (χ1v) is 11.5. The van der Waals surface area contributed by atoms with Gasteiger partial charge in [0.2, 0.25) is 5.91 Å². The summed E-state index contributed by atoms with van der Waals surface area (Å²) in [6.07, 6.45) is 9.15. The largest absolute Gasteiger partial charge is 0.356 e. The first kappa shape index (κ1) is 25.3. The van der Waals surface area contributed by atoms with E-state index in [1.54, 1.807) is 0 Å². The van der Waals surface area contributed by atoms with E-state index in [1.165, 1.54) is 0 Å². The number of carbonyl (C=O) groups is 1. The Hall–Kier alpha value is -2.37. The Kier molecular flexibility index (Phi) is 9.33. The number of pyridine rings is 1. The molecule has 0 radical (unpaired) electrons. The van der Waals surface area contributed by atoms with E-state index in [9.17, 15) is 4.79 Å². The van der Waals surface area contributed by atoms with Crippen LogP contribution in [0, 0.1) is 5.92 Å². The molecule has 4 heterocycles. The smallest absolute Gasteiger partial charge is 0.224 e. The van der Waals surface area contributed by atoms with E-state index in [0.717, 1.165) is 57.5 Å². The molecule has 9 nitrogen and oxygen atoms in total. The summed E-state index contributed by atoms with van der Waals surface area (Å²) in [5, 5.41) is 3.41. The van der Waals surface area contributed by atoms with E-state index >= 15 is 0 Å². The van der Waals surface area contributed by atoms with Crippen molar-refractivity contribution in [2.75, 3.05) is 57.8 Å². The van der Waals surface area contributed by atoms with Gasteiger partial charge >= 0.3 is 0 Å². The van der Waals surface area contributed by atoms with Crippen LogP contribution in [-0.2, 0) is 4.79 Å². The summed E-state index contributed by atoms with van der Waals surface area (Å²) < 4.78 is 2.19. The molecule has 10 heteroatoms. The number of imidazole rings is 1. The van der Waals surface area contributed by atoms with Crippen LogP contribution in [-0.4, -0.2) is 89.1 Å². The summed E-state index contributed by atoms with van der Waals surface area (Å²) in [7, 11) is 1.81. The third-order valence-electron chi connectivity index (χ3n) is 6.57. The normalized spacial score (nSPS) is 21.5. The Morgan fingerprint density at radius 1 is 1.15 bits per heavy atom. The summed E-state index contributed by atoms with van der Waals surface area (Å²) in [5.41, 5.74) is 0. The van der Waals surface area contributed by atoms with Gasteiger partial charge in [0.25, 0.3) is 0 Å². The van der Waals surface area contributed by atoms with Crippen LogP contribution < -0.4 is 10.2 Å². The van der Waals surface area contributed by atoms with Gasteiger partial charge in [0.05, 0.1) is 12.4 Å². The van der Waals surface area contributed by atoms with Gasteiger partial charge in [0.15, 0.2) is 5.96 Å². The fourth-order valence-electron chi connectivity index (χ4n) is 4.59. The number of rotatable bonds is 5. The highest BCUT2D eigenvalue weighted by Crippen LogP contribution is 2.27. The number of amides is 1. The molecule has 33 heavy (non-hydrogen) atoms. The zero-order chi connectivity index (χ0) is 22.3. The Balaban J connectivity index is 0.00000306. The van der Waals surface area contributed by atoms with Gasteiger partial charge in [-0.2, -0.15) is 0 Å². The van der Waals surface area contributed by atoms with Gasteiger partial charge in [-0.15, -0.1) is 24.0 Å². The Labute approximate surface area is 213 Å². The van der Waals surface area contributed by atoms with Crippen LogP contribution in [0.4, 0.5) is 5.82 Å². The predicted molar refractivity (Wildman–Crippen MR) is 141 cm³/mol. The molecule has 2 aromatic rings. The highest BCUT2D eigenvalue weighted by atomic mass is 127. The van der Waals surface area contributed by atoms with Gasteiger partial charge in [0.1, 0.15) is 5.82 Å². The van der Waals surface area contributed by atoms with Gasteiger partial charge in [-0.25, -0.2) is 9.97 Å². The molecule has 180 valence electrons. The van der Waals surface area contributed by atoms with Crippen LogP contribution in [0.25, 0.3) is 0 Å². The van der Waals surface area contributed by atoms with Crippen LogP contribution >= 0.6 is 24.0 Å². The lowest BCUT2D eigenvalue weighted by molar-refractivity contribution is -0.131. The molecule has 2 aliphatic heterocycles. The third kappa shape index (κ3) is 6.36. The lowest BCUT2D eigenvalue weighted by atomic mass is 9.93. The number of piperidine rings is 1. The fourth-order valence-corrected chi connectivity index (χ4v) is 4.59. The number of anilines is 1. The zero-order valence-corrected chi connectivity index (χ0v) is 21.8. The number of aliphatic imine (C=N–C) groups is 1. The third-order valence-corrected chi connectivity index (χ3v) is 6.57. The molecule has 2 aliphatic rings. The van der Waals surface area contributed by atoms with Crippen LogP contribution in [0.15, 0.2) is 48.1 Å². The van der Waals surface area contributed by atoms with Gasteiger partial charge in [-0.3, -0.25) is 9.79 Å².